The molecule has 0 aliphatic rings. The van der Waals surface area contributed by atoms with Gasteiger partial charge in [0.1, 0.15) is 6.04 Å². The fourth-order valence-corrected chi connectivity index (χ4v) is 2.55. The summed E-state index contributed by atoms with van der Waals surface area (Å²) in [5.74, 6) is 0.176. The van der Waals surface area contributed by atoms with E-state index in [0.717, 1.165) is 5.69 Å². The van der Waals surface area contributed by atoms with Gasteiger partial charge >= 0.3 is 5.97 Å². The first-order valence-electron chi connectivity index (χ1n) is 5.98. The van der Waals surface area contributed by atoms with E-state index in [9.17, 15) is 4.79 Å². The van der Waals surface area contributed by atoms with E-state index >= 15 is 0 Å². The third-order valence-corrected chi connectivity index (χ3v) is 3.67. The summed E-state index contributed by atoms with van der Waals surface area (Å²) in [6, 6.07) is 9.18. The molecule has 1 N–H and O–H groups in total. The van der Waals surface area contributed by atoms with Crippen LogP contribution in [0.1, 0.15) is 0 Å². The number of tetrazole rings is 1. The van der Waals surface area contributed by atoms with Crippen LogP contribution in [0.5, 0.6) is 0 Å². The number of carbonyl (C=O) groups is 1. The standard InChI is InChI=1S/C12H15N5O2S/c1-13-10(11(18)19-2)8-20-12-14-15-16-17(12)9-6-4-3-5-7-9/h3-7,10,13H,8H2,1-2H3. The van der Waals surface area contributed by atoms with Crippen LogP contribution in [0.25, 0.3) is 5.69 Å². The number of hydrogen-bond acceptors (Lipinski definition) is 7. The monoisotopic (exact) mass is 293 g/mol. The predicted octanol–water partition coefficient (Wildman–Crippen LogP) is 0.515. The van der Waals surface area contributed by atoms with Crippen LogP contribution in [0.4, 0.5) is 0 Å². The van der Waals surface area contributed by atoms with E-state index in [2.05, 4.69) is 20.8 Å². The van der Waals surface area contributed by atoms with Gasteiger partial charge in [0.05, 0.1) is 12.8 Å². The Labute approximate surface area is 120 Å². The summed E-state index contributed by atoms with van der Waals surface area (Å²) in [7, 11) is 3.08. The number of likely N-dealkylation sites (N-methyl/N-ethyl adjacent to an activating group) is 1. The number of carbonyl (C=O) groups excluding carboxylic acids is 1. The highest BCUT2D eigenvalue weighted by Crippen LogP contribution is 2.18. The van der Waals surface area contributed by atoms with Crippen molar-refractivity contribution in [3.63, 3.8) is 0 Å². The molecule has 8 heteroatoms. The SMILES string of the molecule is CNC(CSc1nnnn1-c1ccccc1)C(=O)OC. The number of nitrogens with zero attached hydrogens (tertiary/aromatic N) is 4. The van der Waals surface area contributed by atoms with E-state index in [1.807, 2.05) is 30.3 Å². The molecule has 1 unspecified atom stereocenters. The lowest BCUT2D eigenvalue weighted by Gasteiger charge is -2.12. The van der Waals surface area contributed by atoms with Crippen LogP contribution < -0.4 is 5.32 Å². The number of aromatic nitrogens is 4. The van der Waals surface area contributed by atoms with E-state index in [1.165, 1.54) is 18.9 Å². The third kappa shape index (κ3) is 3.34. The smallest absolute Gasteiger partial charge is 0.323 e. The number of esters is 1. The average molecular weight is 293 g/mol. The Hall–Kier alpha value is -1.93. The molecule has 0 radical (unpaired) electrons. The first-order valence-corrected chi connectivity index (χ1v) is 6.96. The van der Waals surface area contributed by atoms with E-state index in [1.54, 1.807) is 11.7 Å². The zero-order valence-corrected chi connectivity index (χ0v) is 12.0. The van der Waals surface area contributed by atoms with Crippen molar-refractivity contribution in [2.24, 2.45) is 0 Å². The van der Waals surface area contributed by atoms with Crippen LogP contribution in [0, 0.1) is 0 Å². The maximum atomic E-state index is 11.5. The van der Waals surface area contributed by atoms with Gasteiger partial charge in [-0.2, -0.15) is 4.68 Å². The van der Waals surface area contributed by atoms with Gasteiger partial charge in [-0.3, -0.25) is 4.79 Å². The van der Waals surface area contributed by atoms with Crippen molar-refractivity contribution < 1.29 is 9.53 Å². The van der Waals surface area contributed by atoms with Gasteiger partial charge in [-0.25, -0.2) is 0 Å². The first-order chi connectivity index (χ1) is 9.76. The molecule has 0 fully saturated rings. The van der Waals surface area contributed by atoms with Crippen molar-refractivity contribution in [3.8, 4) is 5.69 Å². The average Bonchev–Trinajstić information content (AvgIpc) is 2.97. The van der Waals surface area contributed by atoms with Gasteiger partial charge in [0.2, 0.25) is 5.16 Å². The summed E-state index contributed by atoms with van der Waals surface area (Å²) in [4.78, 5) is 11.5. The lowest BCUT2D eigenvalue weighted by atomic mass is 10.3. The Morgan fingerprint density at radius 3 is 2.85 bits per heavy atom. The molecule has 0 saturated carbocycles. The van der Waals surface area contributed by atoms with Gasteiger partial charge in [-0.15, -0.1) is 5.10 Å². The molecule has 1 aromatic carbocycles. The number of rotatable bonds is 6. The quantitative estimate of drug-likeness (QED) is 0.614. The molecule has 0 saturated heterocycles. The number of methoxy groups -OCH3 is 1. The van der Waals surface area contributed by atoms with E-state index < -0.39 is 6.04 Å². The fourth-order valence-electron chi connectivity index (χ4n) is 1.57. The normalized spacial score (nSPS) is 12.1. The molecule has 106 valence electrons. The zero-order chi connectivity index (χ0) is 14.4. The van der Waals surface area contributed by atoms with Crippen molar-refractivity contribution in [1.29, 1.82) is 0 Å². The molecule has 0 aliphatic heterocycles. The number of thioether (sulfide) groups is 1. The first kappa shape index (κ1) is 14.5. The molecule has 20 heavy (non-hydrogen) atoms. The molecule has 1 atom stereocenters. The number of para-hydroxylation sites is 1. The molecule has 7 nitrogen and oxygen atoms in total. The van der Waals surface area contributed by atoms with Crippen LogP contribution in [0.2, 0.25) is 0 Å². The summed E-state index contributed by atoms with van der Waals surface area (Å²) in [6.45, 7) is 0. The van der Waals surface area contributed by atoms with E-state index in [0.29, 0.717) is 10.9 Å². The highest BCUT2D eigenvalue weighted by Gasteiger charge is 2.19. The Balaban J connectivity index is 2.08. The van der Waals surface area contributed by atoms with Crippen LogP contribution in [-0.2, 0) is 9.53 Å². The molecule has 0 bridgehead atoms. The number of hydrogen-bond donors (Lipinski definition) is 1. The van der Waals surface area contributed by atoms with Gasteiger partial charge in [-0.1, -0.05) is 30.0 Å². The molecule has 0 spiro atoms. The van der Waals surface area contributed by atoms with Gasteiger partial charge in [0.25, 0.3) is 0 Å². The molecule has 1 heterocycles. The van der Waals surface area contributed by atoms with Gasteiger partial charge in [0, 0.05) is 5.75 Å². The summed E-state index contributed by atoms with van der Waals surface area (Å²) in [6.07, 6.45) is 0. The van der Waals surface area contributed by atoms with Crippen molar-refractivity contribution in [2.75, 3.05) is 19.9 Å². The van der Waals surface area contributed by atoms with Crippen LogP contribution in [0.3, 0.4) is 0 Å². The largest absolute Gasteiger partial charge is 0.468 e. The van der Waals surface area contributed by atoms with Crippen molar-refractivity contribution in [2.45, 2.75) is 11.2 Å². The molecule has 2 aromatic rings. The Morgan fingerprint density at radius 1 is 1.45 bits per heavy atom. The lowest BCUT2D eigenvalue weighted by Crippen LogP contribution is -2.37. The van der Waals surface area contributed by atoms with E-state index in [-0.39, 0.29) is 5.97 Å². The second-order valence-corrected chi connectivity index (χ2v) is 4.87. The van der Waals surface area contributed by atoms with Gasteiger partial charge in [0.15, 0.2) is 0 Å². The highest BCUT2D eigenvalue weighted by atomic mass is 32.2. The molecular weight excluding hydrogens is 278 g/mol. The molecular formula is C12H15N5O2S. The summed E-state index contributed by atoms with van der Waals surface area (Å²) >= 11 is 1.39. The minimum atomic E-state index is -0.397. The Kier molecular flexibility index (Phi) is 5.08. The Morgan fingerprint density at radius 2 is 2.20 bits per heavy atom. The summed E-state index contributed by atoms with van der Waals surface area (Å²) in [5.41, 5.74) is 0.874. The highest BCUT2D eigenvalue weighted by molar-refractivity contribution is 7.99. The van der Waals surface area contributed by atoms with Crippen molar-refractivity contribution >= 4 is 17.7 Å². The molecule has 0 aliphatic carbocycles. The summed E-state index contributed by atoms with van der Waals surface area (Å²) in [5, 5.41) is 15.1. The fraction of sp³-hybridized carbons (Fsp3) is 0.333. The van der Waals surface area contributed by atoms with Gasteiger partial charge < -0.3 is 10.1 Å². The van der Waals surface area contributed by atoms with Crippen molar-refractivity contribution in [3.05, 3.63) is 30.3 Å². The minimum Gasteiger partial charge on any atom is -0.468 e. The van der Waals surface area contributed by atoms with Gasteiger partial charge in [-0.05, 0) is 29.6 Å². The topological polar surface area (TPSA) is 81.9 Å². The van der Waals surface area contributed by atoms with Crippen molar-refractivity contribution in [1.82, 2.24) is 25.5 Å². The minimum absolute atomic E-state index is 0.307. The number of benzene rings is 1. The third-order valence-electron chi connectivity index (χ3n) is 2.65. The lowest BCUT2D eigenvalue weighted by molar-refractivity contribution is -0.142. The maximum Gasteiger partial charge on any atom is 0.323 e. The van der Waals surface area contributed by atoms with E-state index in [4.69, 9.17) is 4.74 Å². The molecule has 2 rings (SSSR count). The van der Waals surface area contributed by atoms with Crippen LogP contribution in [-0.4, -0.2) is 52.1 Å². The predicted molar refractivity (Wildman–Crippen MR) is 74.7 cm³/mol. The molecule has 1 aromatic heterocycles. The Bertz CT molecular complexity index is 560. The number of nitrogens with one attached hydrogen (secondary N) is 1. The summed E-state index contributed by atoms with van der Waals surface area (Å²) < 4.78 is 6.35. The number of ether oxygens (including phenoxy) is 1. The molecule has 0 amide bonds. The maximum absolute atomic E-state index is 11.5. The second kappa shape index (κ2) is 7.01. The second-order valence-electron chi connectivity index (χ2n) is 3.88. The van der Waals surface area contributed by atoms with Crippen LogP contribution in [0.15, 0.2) is 35.5 Å². The zero-order valence-electron chi connectivity index (χ0n) is 11.2. The van der Waals surface area contributed by atoms with Crippen LogP contribution >= 0.6 is 11.8 Å².